The van der Waals surface area contributed by atoms with Crippen LogP contribution in [0.25, 0.3) is 0 Å². The minimum Gasteiger partial charge on any atom is -0.305 e. The van der Waals surface area contributed by atoms with Gasteiger partial charge in [-0.2, -0.15) is 9.49 Å². The van der Waals surface area contributed by atoms with E-state index in [1.54, 1.807) is 0 Å². The number of amides is 1. The van der Waals surface area contributed by atoms with Crippen LogP contribution in [-0.2, 0) is 0 Å². The van der Waals surface area contributed by atoms with Gasteiger partial charge in [-0.15, -0.1) is 5.10 Å². The summed E-state index contributed by atoms with van der Waals surface area (Å²) in [6.45, 7) is 0. The summed E-state index contributed by atoms with van der Waals surface area (Å²) in [5, 5.41) is 19.6. The van der Waals surface area contributed by atoms with Crippen LogP contribution in [-0.4, -0.2) is 21.0 Å². The molecule has 0 unspecified atom stereocenters. The predicted octanol–water partition coefficient (Wildman–Crippen LogP) is 1.92. The van der Waals surface area contributed by atoms with Gasteiger partial charge < -0.3 is 5.32 Å². The van der Waals surface area contributed by atoms with Crippen molar-refractivity contribution in [3.63, 3.8) is 0 Å². The summed E-state index contributed by atoms with van der Waals surface area (Å²) in [5.41, 5.74) is -1.71. The average Bonchev–Trinajstić information content (AvgIpc) is 2.41. The Morgan fingerprint density at radius 2 is 2.05 bits per heavy atom. The molecule has 9 heteroatoms. The van der Waals surface area contributed by atoms with Gasteiger partial charge in [-0.3, -0.25) is 14.9 Å². The number of anilines is 1. The average molecular weight is 280 g/mol. The van der Waals surface area contributed by atoms with Gasteiger partial charge in [0.25, 0.3) is 5.91 Å². The van der Waals surface area contributed by atoms with Crippen molar-refractivity contribution < 1.29 is 18.5 Å². The normalized spacial score (nSPS) is 10.1. The smallest absolute Gasteiger partial charge is 0.305 e. The number of carbonyl (C=O) groups excluding carboxylic acids is 1. The maximum absolute atomic E-state index is 13.6. The van der Waals surface area contributed by atoms with Gasteiger partial charge in [-0.25, -0.2) is 4.39 Å². The fraction of sp³-hybridized carbons (Fsp3) is 0. The second-order valence-electron chi connectivity index (χ2n) is 3.60. The second kappa shape index (κ2) is 5.34. The van der Waals surface area contributed by atoms with Crippen molar-refractivity contribution in [3.8, 4) is 0 Å². The second-order valence-corrected chi connectivity index (χ2v) is 3.60. The lowest BCUT2D eigenvalue weighted by Crippen LogP contribution is -2.15. The molecule has 1 N–H and O–H groups in total. The summed E-state index contributed by atoms with van der Waals surface area (Å²) >= 11 is 0. The molecule has 1 aromatic heterocycles. The first-order chi connectivity index (χ1) is 9.49. The van der Waals surface area contributed by atoms with E-state index in [1.807, 2.05) is 0 Å². The number of nitro benzene ring substituents is 1. The first-order valence-electron chi connectivity index (χ1n) is 5.21. The number of nitrogens with one attached hydrogen (secondary N) is 1. The Balaban J connectivity index is 2.31. The molecule has 0 saturated heterocycles. The molecule has 0 aliphatic carbocycles. The highest BCUT2D eigenvalue weighted by molar-refractivity contribution is 6.04. The number of nitro groups is 1. The molecule has 102 valence electrons. The first kappa shape index (κ1) is 13.5. The summed E-state index contributed by atoms with van der Waals surface area (Å²) < 4.78 is 26.9. The summed E-state index contributed by atoms with van der Waals surface area (Å²) in [7, 11) is 0. The molecule has 0 atom stereocenters. The molecule has 0 bridgehead atoms. The molecular formula is C11H6F2N4O3. The van der Waals surface area contributed by atoms with Gasteiger partial charge in [-0.05, 0) is 18.2 Å². The van der Waals surface area contributed by atoms with E-state index in [2.05, 4.69) is 15.5 Å². The summed E-state index contributed by atoms with van der Waals surface area (Å²) in [4.78, 5) is 21.1. The third-order valence-corrected chi connectivity index (χ3v) is 2.29. The molecule has 0 spiro atoms. The molecular weight excluding hydrogens is 274 g/mol. The van der Waals surface area contributed by atoms with Crippen LogP contribution in [0, 0.1) is 21.7 Å². The van der Waals surface area contributed by atoms with E-state index in [-0.39, 0.29) is 5.82 Å². The zero-order valence-corrected chi connectivity index (χ0v) is 9.71. The molecule has 1 amide bonds. The summed E-state index contributed by atoms with van der Waals surface area (Å²) in [6.07, 6.45) is 1.36. The van der Waals surface area contributed by atoms with E-state index in [0.717, 1.165) is 0 Å². The maximum atomic E-state index is 13.6. The predicted molar refractivity (Wildman–Crippen MR) is 63.0 cm³/mol. The number of aromatic nitrogens is 2. The monoisotopic (exact) mass is 280 g/mol. The van der Waals surface area contributed by atoms with E-state index in [4.69, 9.17) is 0 Å². The standard InChI is InChI=1S/C11H6F2N4O3/c12-7-5-9(17(19)20)8(13)4-6(7)11(18)15-10-2-1-3-14-16-10/h1-5H,(H,15,16,18). The van der Waals surface area contributed by atoms with Crippen LogP contribution in [0.15, 0.2) is 30.5 Å². The summed E-state index contributed by atoms with van der Waals surface area (Å²) in [5.74, 6) is -3.47. The van der Waals surface area contributed by atoms with E-state index >= 15 is 0 Å². The fourth-order valence-electron chi connectivity index (χ4n) is 1.40. The van der Waals surface area contributed by atoms with Crippen LogP contribution in [0.5, 0.6) is 0 Å². The van der Waals surface area contributed by atoms with Gasteiger partial charge in [-0.1, -0.05) is 0 Å². The molecule has 20 heavy (non-hydrogen) atoms. The van der Waals surface area contributed by atoms with E-state index in [9.17, 15) is 23.7 Å². The van der Waals surface area contributed by atoms with Crippen molar-refractivity contribution in [1.82, 2.24) is 10.2 Å². The third-order valence-electron chi connectivity index (χ3n) is 2.29. The Labute approximate surface area is 110 Å². The van der Waals surface area contributed by atoms with Gasteiger partial charge in [0.15, 0.2) is 5.82 Å². The minimum atomic E-state index is -1.30. The number of halogens is 2. The highest BCUT2D eigenvalue weighted by Crippen LogP contribution is 2.21. The molecule has 2 rings (SSSR count). The van der Waals surface area contributed by atoms with E-state index < -0.39 is 33.7 Å². The van der Waals surface area contributed by atoms with E-state index in [1.165, 1.54) is 18.3 Å². The number of hydrogen-bond acceptors (Lipinski definition) is 5. The molecule has 0 aliphatic rings. The maximum Gasteiger partial charge on any atom is 0.307 e. The fourth-order valence-corrected chi connectivity index (χ4v) is 1.40. The Kier molecular flexibility index (Phi) is 3.60. The number of nitrogens with zero attached hydrogens (tertiary/aromatic N) is 3. The molecule has 0 aliphatic heterocycles. The highest BCUT2D eigenvalue weighted by Gasteiger charge is 2.22. The molecule has 0 fully saturated rings. The SMILES string of the molecule is O=C(Nc1cccnn1)c1cc(F)c([N+](=O)[O-])cc1F. The minimum absolute atomic E-state index is 0.0376. The lowest BCUT2D eigenvalue weighted by atomic mass is 10.1. The zero-order valence-electron chi connectivity index (χ0n) is 9.71. The Morgan fingerprint density at radius 1 is 1.30 bits per heavy atom. The van der Waals surface area contributed by atoms with Crippen LogP contribution in [0.2, 0.25) is 0 Å². The van der Waals surface area contributed by atoms with Gasteiger partial charge in [0.2, 0.25) is 5.82 Å². The van der Waals surface area contributed by atoms with Crippen molar-refractivity contribution >= 4 is 17.4 Å². The van der Waals surface area contributed by atoms with Crippen molar-refractivity contribution in [3.05, 3.63) is 57.8 Å². The summed E-state index contributed by atoms with van der Waals surface area (Å²) in [6, 6.07) is 3.68. The van der Waals surface area contributed by atoms with Crippen molar-refractivity contribution in [2.45, 2.75) is 0 Å². The number of rotatable bonds is 3. The Bertz CT molecular complexity index is 679. The van der Waals surface area contributed by atoms with Gasteiger partial charge >= 0.3 is 5.69 Å². The lowest BCUT2D eigenvalue weighted by molar-refractivity contribution is -0.387. The third kappa shape index (κ3) is 2.71. The zero-order chi connectivity index (χ0) is 14.7. The molecule has 1 heterocycles. The molecule has 0 radical (unpaired) electrons. The van der Waals surface area contributed by atoms with Crippen molar-refractivity contribution in [2.75, 3.05) is 5.32 Å². The molecule has 2 aromatic rings. The molecule has 7 nitrogen and oxygen atoms in total. The van der Waals surface area contributed by atoms with E-state index in [0.29, 0.717) is 12.1 Å². The number of carbonyl (C=O) groups is 1. The lowest BCUT2D eigenvalue weighted by Gasteiger charge is -2.05. The topological polar surface area (TPSA) is 98.0 Å². The van der Waals surface area contributed by atoms with Gasteiger partial charge in [0.05, 0.1) is 16.6 Å². The van der Waals surface area contributed by atoms with Crippen LogP contribution >= 0.6 is 0 Å². The number of benzene rings is 1. The first-order valence-corrected chi connectivity index (χ1v) is 5.21. The van der Waals surface area contributed by atoms with Crippen LogP contribution < -0.4 is 5.32 Å². The van der Waals surface area contributed by atoms with Gasteiger partial charge in [0.1, 0.15) is 5.82 Å². The van der Waals surface area contributed by atoms with Crippen LogP contribution in [0.1, 0.15) is 10.4 Å². The van der Waals surface area contributed by atoms with Crippen LogP contribution in [0.3, 0.4) is 0 Å². The number of hydrogen-bond donors (Lipinski definition) is 1. The van der Waals surface area contributed by atoms with Crippen molar-refractivity contribution in [1.29, 1.82) is 0 Å². The van der Waals surface area contributed by atoms with Crippen LogP contribution in [0.4, 0.5) is 20.3 Å². The Hall–Kier alpha value is -2.97. The Morgan fingerprint density at radius 3 is 2.65 bits per heavy atom. The molecule has 0 saturated carbocycles. The van der Waals surface area contributed by atoms with Crippen molar-refractivity contribution in [2.24, 2.45) is 0 Å². The van der Waals surface area contributed by atoms with Gasteiger partial charge in [0, 0.05) is 6.20 Å². The molecule has 1 aromatic carbocycles. The largest absolute Gasteiger partial charge is 0.307 e. The quantitative estimate of drug-likeness (QED) is 0.684. The highest BCUT2D eigenvalue weighted by atomic mass is 19.1.